The Kier molecular flexibility index (Phi) is 2.69. The van der Waals surface area contributed by atoms with E-state index in [0.29, 0.717) is 0 Å². The van der Waals surface area contributed by atoms with Crippen LogP contribution in [0.3, 0.4) is 0 Å². The van der Waals surface area contributed by atoms with Crippen molar-refractivity contribution in [1.29, 1.82) is 0 Å². The lowest BCUT2D eigenvalue weighted by Crippen LogP contribution is -2.13. The van der Waals surface area contributed by atoms with E-state index in [2.05, 4.69) is 70.3 Å². The summed E-state index contributed by atoms with van der Waals surface area (Å²) in [6.07, 6.45) is 2.27. The number of nitrogens with zero attached hydrogens (tertiary/aromatic N) is 2. The predicted molar refractivity (Wildman–Crippen MR) is 85.6 cm³/mol. The van der Waals surface area contributed by atoms with Gasteiger partial charge in [0, 0.05) is 17.3 Å². The molecule has 0 N–H and O–H groups in total. The molecule has 0 aliphatic carbocycles. The van der Waals surface area contributed by atoms with Crippen LogP contribution >= 0.6 is 0 Å². The van der Waals surface area contributed by atoms with Crippen molar-refractivity contribution >= 4 is 16.4 Å². The summed E-state index contributed by atoms with van der Waals surface area (Å²) in [6, 6.07) is 6.54. The summed E-state index contributed by atoms with van der Waals surface area (Å²) in [4.78, 5) is 4.79. The summed E-state index contributed by atoms with van der Waals surface area (Å²) in [7, 11) is 0. The standard InChI is InChI=1S/C18H22N2/c1-11-8-7-9-14-15(18(4,5)6)10-20-13(3)12(2)19-17(20)16(11)14/h7-10H,1-6H3. The van der Waals surface area contributed by atoms with E-state index in [1.807, 2.05) is 0 Å². The number of fused-ring (bicyclic) bond motifs is 3. The van der Waals surface area contributed by atoms with E-state index in [1.165, 1.54) is 27.6 Å². The van der Waals surface area contributed by atoms with Gasteiger partial charge in [-0.1, -0.05) is 39.0 Å². The SMILES string of the molecule is Cc1nc2c3c(C)cccc3c(C(C)(C)C)cn2c1C. The van der Waals surface area contributed by atoms with Gasteiger partial charge in [0.15, 0.2) is 0 Å². The van der Waals surface area contributed by atoms with Gasteiger partial charge < -0.3 is 4.40 Å². The van der Waals surface area contributed by atoms with Crippen molar-refractivity contribution in [2.45, 2.75) is 47.0 Å². The Bertz CT molecular complexity index is 817. The topological polar surface area (TPSA) is 17.3 Å². The van der Waals surface area contributed by atoms with Crippen LogP contribution in [0.4, 0.5) is 0 Å². The van der Waals surface area contributed by atoms with Crippen LogP contribution in [0.1, 0.15) is 43.3 Å². The molecule has 0 atom stereocenters. The van der Waals surface area contributed by atoms with Gasteiger partial charge in [0.25, 0.3) is 0 Å². The first-order chi connectivity index (χ1) is 9.30. The minimum Gasteiger partial charge on any atom is -0.303 e. The fourth-order valence-corrected chi connectivity index (χ4v) is 2.95. The summed E-state index contributed by atoms with van der Waals surface area (Å²) in [5.41, 5.74) is 6.22. The van der Waals surface area contributed by atoms with Gasteiger partial charge in [-0.3, -0.25) is 0 Å². The van der Waals surface area contributed by atoms with Crippen LogP contribution in [0.2, 0.25) is 0 Å². The molecule has 2 nitrogen and oxygen atoms in total. The third kappa shape index (κ3) is 1.75. The smallest absolute Gasteiger partial charge is 0.145 e. The Morgan fingerprint density at radius 3 is 2.40 bits per heavy atom. The van der Waals surface area contributed by atoms with Crippen molar-refractivity contribution in [2.75, 3.05) is 0 Å². The average Bonchev–Trinajstić information content (AvgIpc) is 2.63. The minimum atomic E-state index is 0.116. The molecule has 0 aliphatic heterocycles. The maximum atomic E-state index is 4.79. The van der Waals surface area contributed by atoms with Crippen LogP contribution in [-0.2, 0) is 5.41 Å². The average molecular weight is 266 g/mol. The highest BCUT2D eigenvalue weighted by atomic mass is 15.0. The zero-order valence-electron chi connectivity index (χ0n) is 13.2. The molecule has 0 amide bonds. The minimum absolute atomic E-state index is 0.116. The molecule has 0 spiro atoms. The van der Waals surface area contributed by atoms with Gasteiger partial charge in [0.1, 0.15) is 5.65 Å². The van der Waals surface area contributed by atoms with Crippen LogP contribution in [0.5, 0.6) is 0 Å². The summed E-state index contributed by atoms with van der Waals surface area (Å²) in [6.45, 7) is 13.2. The molecule has 0 bridgehead atoms. The summed E-state index contributed by atoms with van der Waals surface area (Å²) >= 11 is 0. The highest BCUT2D eigenvalue weighted by Gasteiger charge is 2.21. The lowest BCUT2D eigenvalue weighted by Gasteiger charge is -2.22. The van der Waals surface area contributed by atoms with Gasteiger partial charge in [-0.05, 0) is 42.7 Å². The van der Waals surface area contributed by atoms with Crippen molar-refractivity contribution in [3.63, 3.8) is 0 Å². The van der Waals surface area contributed by atoms with E-state index >= 15 is 0 Å². The van der Waals surface area contributed by atoms with E-state index in [1.54, 1.807) is 0 Å². The highest BCUT2D eigenvalue weighted by Crippen LogP contribution is 2.34. The first-order valence-corrected chi connectivity index (χ1v) is 7.19. The van der Waals surface area contributed by atoms with E-state index in [4.69, 9.17) is 4.98 Å². The molecule has 2 heteroatoms. The van der Waals surface area contributed by atoms with Gasteiger partial charge >= 0.3 is 0 Å². The van der Waals surface area contributed by atoms with Crippen LogP contribution in [0, 0.1) is 20.8 Å². The Labute approximate surface area is 120 Å². The summed E-state index contributed by atoms with van der Waals surface area (Å²) in [5, 5.41) is 2.62. The highest BCUT2D eigenvalue weighted by molar-refractivity contribution is 5.99. The van der Waals surface area contributed by atoms with Crippen LogP contribution in [-0.4, -0.2) is 9.38 Å². The normalized spacial score (nSPS) is 12.5. The second kappa shape index (κ2) is 4.08. The maximum absolute atomic E-state index is 4.79. The van der Waals surface area contributed by atoms with Gasteiger partial charge in [-0.2, -0.15) is 0 Å². The molecule has 3 aromatic rings. The number of rotatable bonds is 0. The second-order valence-electron chi connectivity index (χ2n) is 6.77. The molecular formula is C18H22N2. The first-order valence-electron chi connectivity index (χ1n) is 7.19. The van der Waals surface area contributed by atoms with Gasteiger partial charge in [0.05, 0.1) is 5.69 Å². The van der Waals surface area contributed by atoms with E-state index in [9.17, 15) is 0 Å². The quantitative estimate of drug-likeness (QED) is 0.576. The van der Waals surface area contributed by atoms with E-state index in [0.717, 1.165) is 11.3 Å². The summed E-state index contributed by atoms with van der Waals surface area (Å²) < 4.78 is 2.26. The molecule has 0 radical (unpaired) electrons. The number of aromatic nitrogens is 2. The molecule has 1 aromatic carbocycles. The Balaban J connectivity index is 2.63. The first kappa shape index (κ1) is 13.2. The van der Waals surface area contributed by atoms with Crippen LogP contribution in [0.15, 0.2) is 24.4 Å². The number of hydrogen-bond acceptors (Lipinski definition) is 1. The monoisotopic (exact) mass is 266 g/mol. The number of benzene rings is 1. The maximum Gasteiger partial charge on any atom is 0.145 e. The third-order valence-corrected chi connectivity index (χ3v) is 4.24. The fraction of sp³-hybridized carbons (Fsp3) is 0.389. The predicted octanol–water partition coefficient (Wildman–Crippen LogP) is 4.71. The number of pyridine rings is 1. The molecule has 0 aliphatic rings. The third-order valence-electron chi connectivity index (χ3n) is 4.24. The zero-order chi connectivity index (χ0) is 14.7. The lowest BCUT2D eigenvalue weighted by molar-refractivity contribution is 0.592. The van der Waals surface area contributed by atoms with Gasteiger partial charge in [-0.15, -0.1) is 0 Å². The van der Waals surface area contributed by atoms with Crippen molar-refractivity contribution in [1.82, 2.24) is 9.38 Å². The molecule has 0 saturated heterocycles. The molecule has 3 rings (SSSR count). The number of imidazole rings is 1. The molecular weight excluding hydrogens is 244 g/mol. The number of hydrogen-bond donors (Lipinski definition) is 0. The Hall–Kier alpha value is -1.83. The largest absolute Gasteiger partial charge is 0.303 e. The van der Waals surface area contributed by atoms with Gasteiger partial charge in [-0.25, -0.2) is 4.98 Å². The molecule has 2 aromatic heterocycles. The molecule has 0 fully saturated rings. The van der Waals surface area contributed by atoms with E-state index in [-0.39, 0.29) is 5.41 Å². The second-order valence-corrected chi connectivity index (χ2v) is 6.77. The van der Waals surface area contributed by atoms with Crippen molar-refractivity contribution < 1.29 is 0 Å². The molecule has 20 heavy (non-hydrogen) atoms. The Morgan fingerprint density at radius 1 is 1.05 bits per heavy atom. The van der Waals surface area contributed by atoms with Gasteiger partial charge in [0.2, 0.25) is 0 Å². The van der Waals surface area contributed by atoms with Crippen molar-refractivity contribution in [2.24, 2.45) is 0 Å². The molecule has 104 valence electrons. The van der Waals surface area contributed by atoms with Crippen LogP contribution < -0.4 is 0 Å². The zero-order valence-corrected chi connectivity index (χ0v) is 13.2. The van der Waals surface area contributed by atoms with Crippen molar-refractivity contribution in [3.05, 3.63) is 46.9 Å². The molecule has 2 heterocycles. The van der Waals surface area contributed by atoms with E-state index < -0.39 is 0 Å². The fourth-order valence-electron chi connectivity index (χ4n) is 2.95. The molecule has 0 unspecified atom stereocenters. The Morgan fingerprint density at radius 2 is 1.75 bits per heavy atom. The summed E-state index contributed by atoms with van der Waals surface area (Å²) in [5.74, 6) is 0. The number of aryl methyl sites for hydroxylation is 3. The lowest BCUT2D eigenvalue weighted by atomic mass is 9.84. The molecule has 0 saturated carbocycles. The van der Waals surface area contributed by atoms with Crippen molar-refractivity contribution in [3.8, 4) is 0 Å². The van der Waals surface area contributed by atoms with Crippen LogP contribution in [0.25, 0.3) is 16.4 Å².